The van der Waals surface area contributed by atoms with Crippen molar-refractivity contribution in [1.29, 1.82) is 0 Å². The molecule has 0 radical (unpaired) electrons. The van der Waals surface area contributed by atoms with E-state index in [1.54, 1.807) is 6.20 Å². The third-order valence-electron chi connectivity index (χ3n) is 4.03. The van der Waals surface area contributed by atoms with E-state index in [0.717, 1.165) is 31.2 Å². The van der Waals surface area contributed by atoms with Crippen molar-refractivity contribution in [1.82, 2.24) is 14.9 Å². The minimum Gasteiger partial charge on any atom is -0.369 e. The molecule has 1 unspecified atom stereocenters. The number of rotatable bonds is 4. The quantitative estimate of drug-likeness (QED) is 0.937. The summed E-state index contributed by atoms with van der Waals surface area (Å²) >= 11 is 0. The fourth-order valence-corrected chi connectivity index (χ4v) is 3.03. The summed E-state index contributed by atoms with van der Waals surface area (Å²) in [6.45, 7) is 7.84. The van der Waals surface area contributed by atoms with E-state index in [4.69, 9.17) is 0 Å². The van der Waals surface area contributed by atoms with Crippen molar-refractivity contribution < 1.29 is 0 Å². The van der Waals surface area contributed by atoms with Crippen LogP contribution in [0.1, 0.15) is 20.3 Å². The first kappa shape index (κ1) is 14.1. The van der Waals surface area contributed by atoms with Crippen LogP contribution in [-0.2, 0) is 0 Å². The highest BCUT2D eigenvalue weighted by atomic mass is 15.2. The molecule has 2 aromatic rings. The summed E-state index contributed by atoms with van der Waals surface area (Å²) in [5.74, 6) is 0.742. The molecule has 21 heavy (non-hydrogen) atoms. The lowest BCUT2D eigenvalue weighted by Crippen LogP contribution is -2.51. The average molecular weight is 284 g/mol. The number of benzene rings is 1. The monoisotopic (exact) mass is 284 g/mol. The minimum atomic E-state index is 0.604. The van der Waals surface area contributed by atoms with Crippen LogP contribution in [0.5, 0.6) is 0 Å². The van der Waals surface area contributed by atoms with Crippen molar-refractivity contribution in [2.75, 3.05) is 24.5 Å². The van der Waals surface area contributed by atoms with Gasteiger partial charge in [0.25, 0.3) is 0 Å². The van der Waals surface area contributed by atoms with Gasteiger partial charge in [0.15, 0.2) is 0 Å². The third kappa shape index (κ3) is 3.45. The van der Waals surface area contributed by atoms with Gasteiger partial charge in [0.1, 0.15) is 0 Å². The summed E-state index contributed by atoms with van der Waals surface area (Å²) in [5.41, 5.74) is 2.47. The Labute approximate surface area is 126 Å². The van der Waals surface area contributed by atoms with E-state index in [-0.39, 0.29) is 0 Å². The largest absolute Gasteiger partial charge is 0.369 e. The van der Waals surface area contributed by atoms with Crippen LogP contribution in [0.3, 0.4) is 0 Å². The number of nitrogens with one attached hydrogen (secondary N) is 1. The number of imidazole rings is 1. The summed E-state index contributed by atoms with van der Waals surface area (Å²) in [4.78, 5) is 6.58. The topological polar surface area (TPSA) is 33.1 Å². The van der Waals surface area contributed by atoms with Crippen LogP contribution in [0, 0.1) is 5.92 Å². The zero-order chi connectivity index (χ0) is 14.7. The fourth-order valence-electron chi connectivity index (χ4n) is 3.03. The SMILES string of the molecule is CC(C)CC1CN(c2ccc(-n3ccnc3)cc2)CCN1. The number of aromatic nitrogens is 2. The third-order valence-corrected chi connectivity index (χ3v) is 4.03. The zero-order valence-electron chi connectivity index (χ0n) is 12.9. The van der Waals surface area contributed by atoms with E-state index < -0.39 is 0 Å². The van der Waals surface area contributed by atoms with Gasteiger partial charge in [-0.25, -0.2) is 4.98 Å². The molecule has 1 aromatic heterocycles. The minimum absolute atomic E-state index is 0.604. The Balaban J connectivity index is 1.69. The molecule has 1 N–H and O–H groups in total. The molecule has 0 amide bonds. The van der Waals surface area contributed by atoms with Gasteiger partial charge in [-0.3, -0.25) is 0 Å². The summed E-state index contributed by atoms with van der Waals surface area (Å²) < 4.78 is 2.03. The Hall–Kier alpha value is -1.81. The van der Waals surface area contributed by atoms with Crippen molar-refractivity contribution in [3.05, 3.63) is 43.0 Å². The molecule has 3 rings (SSSR count). The molecule has 0 spiro atoms. The maximum absolute atomic E-state index is 4.09. The molecule has 1 aliphatic heterocycles. The van der Waals surface area contributed by atoms with Crippen molar-refractivity contribution in [3.8, 4) is 5.69 Å². The molecule has 0 saturated carbocycles. The standard InChI is InChI=1S/C17H24N4/c1-14(2)11-15-12-20(10-8-19-15)16-3-5-17(6-4-16)21-9-7-18-13-21/h3-7,9,13-15,19H,8,10-12H2,1-2H3. The van der Waals surface area contributed by atoms with Gasteiger partial charge < -0.3 is 14.8 Å². The van der Waals surface area contributed by atoms with Gasteiger partial charge in [0.05, 0.1) is 6.33 Å². The van der Waals surface area contributed by atoms with Gasteiger partial charge in [0, 0.05) is 49.4 Å². The Morgan fingerprint density at radius 2 is 2.00 bits per heavy atom. The van der Waals surface area contributed by atoms with Crippen LogP contribution in [0.2, 0.25) is 0 Å². The number of anilines is 1. The molecule has 1 saturated heterocycles. The molecule has 0 aliphatic carbocycles. The predicted octanol–water partition coefficient (Wildman–Crippen LogP) is 2.70. The number of hydrogen-bond donors (Lipinski definition) is 1. The summed E-state index contributed by atoms with van der Waals surface area (Å²) in [6.07, 6.45) is 6.85. The van der Waals surface area contributed by atoms with Crippen molar-refractivity contribution in [2.45, 2.75) is 26.3 Å². The Kier molecular flexibility index (Phi) is 4.25. The van der Waals surface area contributed by atoms with E-state index >= 15 is 0 Å². The van der Waals surface area contributed by atoms with Gasteiger partial charge in [0.2, 0.25) is 0 Å². The van der Waals surface area contributed by atoms with Crippen LogP contribution in [-0.4, -0.2) is 35.2 Å². The normalized spacial score (nSPS) is 19.2. The summed E-state index contributed by atoms with van der Waals surface area (Å²) in [5, 5.41) is 3.63. The molecule has 1 fully saturated rings. The van der Waals surface area contributed by atoms with Crippen molar-refractivity contribution in [2.24, 2.45) is 5.92 Å². The van der Waals surface area contributed by atoms with E-state index in [0.29, 0.717) is 6.04 Å². The molecular weight excluding hydrogens is 260 g/mol. The number of hydrogen-bond acceptors (Lipinski definition) is 3. The summed E-state index contributed by atoms with van der Waals surface area (Å²) in [7, 11) is 0. The second kappa shape index (κ2) is 6.31. The average Bonchev–Trinajstić information content (AvgIpc) is 3.01. The van der Waals surface area contributed by atoms with Crippen LogP contribution in [0.4, 0.5) is 5.69 Å². The number of nitrogens with zero attached hydrogens (tertiary/aromatic N) is 3. The maximum atomic E-state index is 4.09. The molecule has 1 aliphatic rings. The molecule has 0 bridgehead atoms. The Bertz CT molecular complexity index is 545. The van der Waals surface area contributed by atoms with Gasteiger partial charge in [-0.15, -0.1) is 0 Å². The molecule has 1 aromatic carbocycles. The molecule has 2 heterocycles. The Morgan fingerprint density at radius 3 is 2.67 bits per heavy atom. The molecular formula is C17H24N4. The lowest BCUT2D eigenvalue weighted by atomic mass is 10.0. The first-order valence-corrected chi connectivity index (χ1v) is 7.79. The van der Waals surface area contributed by atoms with Crippen LogP contribution in [0.15, 0.2) is 43.0 Å². The highest BCUT2D eigenvalue weighted by Gasteiger charge is 2.20. The van der Waals surface area contributed by atoms with Gasteiger partial charge in [-0.1, -0.05) is 13.8 Å². The maximum Gasteiger partial charge on any atom is 0.0991 e. The van der Waals surface area contributed by atoms with Crippen LogP contribution < -0.4 is 10.2 Å². The van der Waals surface area contributed by atoms with Crippen LogP contribution >= 0.6 is 0 Å². The lowest BCUT2D eigenvalue weighted by Gasteiger charge is -2.36. The lowest BCUT2D eigenvalue weighted by molar-refractivity contribution is 0.388. The highest BCUT2D eigenvalue weighted by Crippen LogP contribution is 2.20. The van der Waals surface area contributed by atoms with E-state index in [1.807, 2.05) is 17.1 Å². The van der Waals surface area contributed by atoms with E-state index in [2.05, 4.69) is 53.3 Å². The van der Waals surface area contributed by atoms with Gasteiger partial charge in [-0.05, 0) is 36.6 Å². The molecule has 4 nitrogen and oxygen atoms in total. The van der Waals surface area contributed by atoms with Crippen molar-refractivity contribution >= 4 is 5.69 Å². The molecule has 1 atom stereocenters. The van der Waals surface area contributed by atoms with Gasteiger partial charge >= 0.3 is 0 Å². The van der Waals surface area contributed by atoms with Gasteiger partial charge in [-0.2, -0.15) is 0 Å². The van der Waals surface area contributed by atoms with E-state index in [9.17, 15) is 0 Å². The van der Waals surface area contributed by atoms with Crippen LogP contribution in [0.25, 0.3) is 5.69 Å². The highest BCUT2D eigenvalue weighted by molar-refractivity contribution is 5.51. The smallest absolute Gasteiger partial charge is 0.0991 e. The van der Waals surface area contributed by atoms with E-state index in [1.165, 1.54) is 12.1 Å². The second-order valence-electron chi connectivity index (χ2n) is 6.21. The fraction of sp³-hybridized carbons (Fsp3) is 0.471. The molecule has 4 heteroatoms. The number of piperazine rings is 1. The zero-order valence-corrected chi connectivity index (χ0v) is 12.9. The van der Waals surface area contributed by atoms with Crippen molar-refractivity contribution in [3.63, 3.8) is 0 Å². The predicted molar refractivity (Wildman–Crippen MR) is 87.0 cm³/mol. The first-order valence-electron chi connectivity index (χ1n) is 7.79. The Morgan fingerprint density at radius 1 is 1.24 bits per heavy atom. The first-order chi connectivity index (χ1) is 10.2. The molecule has 112 valence electrons. The second-order valence-corrected chi connectivity index (χ2v) is 6.21. The summed E-state index contributed by atoms with van der Waals surface area (Å²) in [6, 6.07) is 9.36.